The van der Waals surface area contributed by atoms with E-state index in [1.54, 1.807) is 5.32 Å². The number of rotatable bonds is 9. The summed E-state index contributed by atoms with van der Waals surface area (Å²) in [5.74, 6) is -4.37. The Morgan fingerprint density at radius 2 is 1.62 bits per heavy atom. The second-order valence-corrected chi connectivity index (χ2v) is 10.5. The van der Waals surface area contributed by atoms with Crippen molar-refractivity contribution < 1.29 is 49.1 Å². The smallest absolute Gasteiger partial charge is 0.441 e. The SMILES string of the molecule is CCOC(=O)C(NC(=O)c1cccc(Cl)c1)(Nc1ccc(S(=O)(=O)Nc2cc(C(F)(F)F)nc(C)n2)cc1)C(F)(F)F. The number of halogens is 7. The number of sulfonamides is 1. The minimum Gasteiger partial charge on any atom is -0.463 e. The Morgan fingerprint density at radius 3 is 2.17 bits per heavy atom. The Labute approximate surface area is 239 Å². The first-order chi connectivity index (χ1) is 19.4. The van der Waals surface area contributed by atoms with Crippen molar-refractivity contribution in [2.45, 2.75) is 36.8 Å². The molecule has 3 aromatic rings. The Hall–Kier alpha value is -4.12. The van der Waals surface area contributed by atoms with Crippen molar-refractivity contribution in [3.63, 3.8) is 0 Å². The van der Waals surface area contributed by atoms with Gasteiger partial charge in [0.25, 0.3) is 15.9 Å². The predicted octanol–water partition coefficient (Wildman–Crippen LogP) is 4.92. The van der Waals surface area contributed by atoms with Crippen molar-refractivity contribution in [2.24, 2.45) is 0 Å². The zero-order valence-corrected chi connectivity index (χ0v) is 23.0. The molecule has 0 spiro atoms. The van der Waals surface area contributed by atoms with E-state index < -0.39 is 68.6 Å². The van der Waals surface area contributed by atoms with Gasteiger partial charge in [-0.3, -0.25) is 9.52 Å². The van der Waals surface area contributed by atoms with Crippen LogP contribution in [-0.2, 0) is 25.7 Å². The van der Waals surface area contributed by atoms with E-state index in [9.17, 15) is 44.3 Å². The number of anilines is 2. The highest BCUT2D eigenvalue weighted by Crippen LogP contribution is 2.34. The van der Waals surface area contributed by atoms with Crippen LogP contribution in [0.4, 0.5) is 37.8 Å². The van der Waals surface area contributed by atoms with Gasteiger partial charge in [0.1, 0.15) is 17.3 Å². The first kappa shape index (κ1) is 32.4. The Bertz CT molecular complexity index is 1590. The van der Waals surface area contributed by atoms with Gasteiger partial charge in [0.15, 0.2) is 0 Å². The summed E-state index contributed by atoms with van der Waals surface area (Å²) >= 11 is 5.81. The highest BCUT2D eigenvalue weighted by Gasteiger charge is 2.63. The number of nitrogens with zero attached hydrogens (tertiary/aromatic N) is 2. The summed E-state index contributed by atoms with van der Waals surface area (Å²) in [6.07, 6.45) is -10.4. The minimum absolute atomic E-state index is 0.0292. The van der Waals surface area contributed by atoms with Crippen LogP contribution in [0, 0.1) is 6.92 Å². The lowest BCUT2D eigenvalue weighted by Crippen LogP contribution is -2.69. The molecule has 1 atom stereocenters. The fourth-order valence-electron chi connectivity index (χ4n) is 3.40. The van der Waals surface area contributed by atoms with Gasteiger partial charge in [-0.05, 0) is 56.3 Å². The molecule has 1 heterocycles. The van der Waals surface area contributed by atoms with E-state index >= 15 is 0 Å². The number of amides is 1. The lowest BCUT2D eigenvalue weighted by atomic mass is 10.1. The number of ether oxygens (including phenoxy) is 1. The van der Waals surface area contributed by atoms with E-state index in [0.29, 0.717) is 6.07 Å². The number of aryl methyl sites for hydroxylation is 1. The molecule has 3 N–H and O–H groups in total. The molecule has 1 amide bonds. The molecule has 0 fully saturated rings. The maximum absolute atomic E-state index is 14.4. The standard InChI is InChI=1S/C24H20ClF6N5O5S/c1-3-41-21(38)22(24(29,30)31,35-20(37)14-5-4-6-15(25)11-14)34-16-7-9-17(10-8-16)42(39,40)36-19-12-18(23(26,27)28)32-13(2)33-19/h4-12,34H,3H2,1-2H3,(H,35,37)(H,32,33,36). The maximum atomic E-state index is 14.4. The van der Waals surface area contributed by atoms with Crippen molar-refractivity contribution in [1.29, 1.82) is 0 Å². The molecule has 0 bridgehead atoms. The number of esters is 1. The van der Waals surface area contributed by atoms with Gasteiger partial charge in [-0.15, -0.1) is 0 Å². The number of carbonyl (C=O) groups excluding carboxylic acids is 2. The van der Waals surface area contributed by atoms with Crippen LogP contribution in [-0.4, -0.2) is 48.7 Å². The summed E-state index contributed by atoms with van der Waals surface area (Å²) in [5, 5.41) is 3.50. The number of hydrogen-bond acceptors (Lipinski definition) is 8. The summed E-state index contributed by atoms with van der Waals surface area (Å²) in [5.41, 5.74) is -6.06. The minimum atomic E-state index is -5.50. The first-order valence-electron chi connectivity index (χ1n) is 11.5. The van der Waals surface area contributed by atoms with E-state index in [0.717, 1.165) is 43.3 Å². The summed E-state index contributed by atoms with van der Waals surface area (Å²) in [6, 6.07) is 8.49. The van der Waals surface area contributed by atoms with Crippen LogP contribution >= 0.6 is 11.6 Å². The third kappa shape index (κ3) is 7.39. The average molecular weight is 640 g/mol. The maximum Gasteiger partial charge on any atom is 0.441 e. The molecular weight excluding hydrogens is 620 g/mol. The van der Waals surface area contributed by atoms with Crippen molar-refractivity contribution >= 4 is 45.0 Å². The number of nitrogens with one attached hydrogen (secondary N) is 3. The molecule has 1 unspecified atom stereocenters. The molecule has 2 aromatic carbocycles. The second-order valence-electron chi connectivity index (χ2n) is 8.37. The highest BCUT2D eigenvalue weighted by atomic mass is 35.5. The van der Waals surface area contributed by atoms with Crippen LogP contribution in [0.15, 0.2) is 59.5 Å². The van der Waals surface area contributed by atoms with Crippen molar-refractivity contribution in [1.82, 2.24) is 15.3 Å². The van der Waals surface area contributed by atoms with E-state index in [2.05, 4.69) is 14.7 Å². The Morgan fingerprint density at radius 1 is 0.976 bits per heavy atom. The van der Waals surface area contributed by atoms with Gasteiger partial charge in [-0.25, -0.2) is 23.2 Å². The summed E-state index contributed by atoms with van der Waals surface area (Å²) < 4.78 is 114. The van der Waals surface area contributed by atoms with Gasteiger partial charge in [-0.1, -0.05) is 17.7 Å². The number of benzene rings is 2. The van der Waals surface area contributed by atoms with E-state index in [4.69, 9.17) is 11.6 Å². The molecule has 18 heteroatoms. The summed E-state index contributed by atoms with van der Waals surface area (Å²) in [4.78, 5) is 31.6. The van der Waals surface area contributed by atoms with Crippen LogP contribution in [0.1, 0.15) is 28.8 Å². The van der Waals surface area contributed by atoms with E-state index in [-0.39, 0.29) is 16.4 Å². The number of carbonyl (C=O) groups is 2. The molecule has 0 aliphatic heterocycles. The molecule has 3 rings (SSSR count). The topological polar surface area (TPSA) is 139 Å². The molecule has 1 aromatic heterocycles. The van der Waals surface area contributed by atoms with Crippen LogP contribution in [0.3, 0.4) is 0 Å². The van der Waals surface area contributed by atoms with Crippen LogP contribution in [0.5, 0.6) is 0 Å². The van der Waals surface area contributed by atoms with Gasteiger partial charge in [0.05, 0.1) is 11.5 Å². The molecule has 42 heavy (non-hydrogen) atoms. The third-order valence-corrected chi connectivity index (χ3v) is 6.86. The Kier molecular flexibility index (Phi) is 9.26. The molecule has 10 nitrogen and oxygen atoms in total. The predicted molar refractivity (Wildman–Crippen MR) is 137 cm³/mol. The lowest BCUT2D eigenvalue weighted by Gasteiger charge is -2.35. The van der Waals surface area contributed by atoms with Gasteiger partial charge in [-0.2, -0.15) is 26.3 Å². The van der Waals surface area contributed by atoms with Crippen LogP contribution < -0.4 is 15.4 Å². The van der Waals surface area contributed by atoms with Gasteiger partial charge in [0.2, 0.25) is 0 Å². The quantitative estimate of drug-likeness (QED) is 0.170. The molecule has 0 radical (unpaired) electrons. The molecule has 226 valence electrons. The number of hydrogen-bond donors (Lipinski definition) is 3. The first-order valence-corrected chi connectivity index (χ1v) is 13.4. The summed E-state index contributed by atoms with van der Waals surface area (Å²) in [7, 11) is -4.60. The fraction of sp³-hybridized carbons (Fsp3) is 0.250. The van der Waals surface area contributed by atoms with Crippen molar-refractivity contribution in [3.8, 4) is 0 Å². The highest BCUT2D eigenvalue weighted by molar-refractivity contribution is 7.92. The van der Waals surface area contributed by atoms with E-state index in [1.165, 1.54) is 19.1 Å². The van der Waals surface area contributed by atoms with Crippen LogP contribution in [0.2, 0.25) is 5.02 Å². The van der Waals surface area contributed by atoms with Gasteiger partial charge < -0.3 is 15.4 Å². The number of alkyl halides is 6. The number of aromatic nitrogens is 2. The van der Waals surface area contributed by atoms with E-state index in [1.807, 2.05) is 10.0 Å². The van der Waals surface area contributed by atoms with Gasteiger partial charge >= 0.3 is 24.0 Å². The third-order valence-electron chi connectivity index (χ3n) is 5.26. The fourth-order valence-corrected chi connectivity index (χ4v) is 4.58. The molecule has 0 aliphatic rings. The van der Waals surface area contributed by atoms with Crippen molar-refractivity contribution in [3.05, 3.63) is 76.7 Å². The second kappa shape index (κ2) is 12.0. The molecule has 0 saturated carbocycles. The zero-order valence-electron chi connectivity index (χ0n) is 21.4. The average Bonchev–Trinajstić information content (AvgIpc) is 2.87. The normalized spacial score (nSPS) is 13.5. The Balaban J connectivity index is 1.95. The summed E-state index contributed by atoms with van der Waals surface area (Å²) in [6.45, 7) is 1.85. The molecular formula is C24H20ClF6N5O5S. The van der Waals surface area contributed by atoms with Gasteiger partial charge in [0, 0.05) is 22.3 Å². The largest absolute Gasteiger partial charge is 0.463 e. The van der Waals surface area contributed by atoms with Crippen molar-refractivity contribution in [2.75, 3.05) is 16.6 Å². The zero-order chi connectivity index (χ0) is 31.5. The van der Waals surface area contributed by atoms with Crippen LogP contribution in [0.25, 0.3) is 0 Å². The monoisotopic (exact) mass is 639 g/mol. The molecule has 0 saturated heterocycles. The lowest BCUT2D eigenvalue weighted by molar-refractivity contribution is -0.204. The molecule has 0 aliphatic carbocycles.